The minimum absolute atomic E-state index is 0.0550. The van der Waals surface area contributed by atoms with Gasteiger partial charge in [0.05, 0.1) is 17.4 Å². The number of carbonyl (C=O) groups excluding carboxylic acids is 1. The molecule has 3 aromatic rings. The second-order valence-electron chi connectivity index (χ2n) is 10.1. The molecule has 1 saturated heterocycles. The van der Waals surface area contributed by atoms with Gasteiger partial charge < -0.3 is 9.84 Å². The number of hydrogen-bond donors (Lipinski definition) is 1. The number of aryl methyl sites for hydroxylation is 1. The number of carbonyl (C=O) groups is 1. The van der Waals surface area contributed by atoms with Gasteiger partial charge in [0.2, 0.25) is 27.6 Å². The van der Waals surface area contributed by atoms with E-state index in [0.29, 0.717) is 31.1 Å². The predicted octanol–water partition coefficient (Wildman–Crippen LogP) is 4.06. The molecule has 0 spiro atoms. The fourth-order valence-electron chi connectivity index (χ4n) is 4.10. The van der Waals surface area contributed by atoms with E-state index in [-0.39, 0.29) is 29.3 Å². The first kappa shape index (κ1) is 25.1. The Morgan fingerprint density at radius 1 is 1.11 bits per heavy atom. The summed E-state index contributed by atoms with van der Waals surface area (Å²) in [6.07, 6.45) is 1.25. The molecule has 2 heterocycles. The maximum absolute atomic E-state index is 13.0. The number of nitrogens with one attached hydrogen (secondary N) is 1. The van der Waals surface area contributed by atoms with E-state index in [9.17, 15) is 13.2 Å². The number of aromatic nitrogens is 2. The van der Waals surface area contributed by atoms with Gasteiger partial charge in [-0.1, -0.05) is 67.9 Å². The van der Waals surface area contributed by atoms with Gasteiger partial charge in [0.15, 0.2) is 0 Å². The summed E-state index contributed by atoms with van der Waals surface area (Å²) in [5.41, 5.74) is 3.09. The second kappa shape index (κ2) is 9.91. The van der Waals surface area contributed by atoms with Crippen LogP contribution in [0.1, 0.15) is 50.6 Å². The van der Waals surface area contributed by atoms with E-state index in [1.807, 2.05) is 31.2 Å². The van der Waals surface area contributed by atoms with Crippen molar-refractivity contribution in [2.75, 3.05) is 13.1 Å². The SMILES string of the molecule is Cc1ccc(S(=O)(=O)N2CCCC(C(=O)NCc3nc(-c4ccc(C(C)(C)C)cc4)no3)C2)cc1. The Balaban J connectivity index is 1.36. The quantitative estimate of drug-likeness (QED) is 0.552. The molecule has 8 nitrogen and oxygen atoms in total. The molecule has 2 aromatic carbocycles. The molecule has 1 aliphatic heterocycles. The van der Waals surface area contributed by atoms with Gasteiger partial charge in [-0.3, -0.25) is 4.79 Å². The molecule has 0 radical (unpaired) electrons. The molecule has 1 aliphatic rings. The lowest BCUT2D eigenvalue weighted by Gasteiger charge is -2.31. The van der Waals surface area contributed by atoms with Gasteiger partial charge in [0.1, 0.15) is 0 Å². The van der Waals surface area contributed by atoms with Gasteiger partial charge >= 0.3 is 0 Å². The molecular formula is C26H32N4O4S. The predicted molar refractivity (Wildman–Crippen MR) is 133 cm³/mol. The van der Waals surface area contributed by atoms with Crippen LogP contribution in [-0.2, 0) is 26.8 Å². The molecule has 0 aliphatic carbocycles. The number of piperidine rings is 1. The van der Waals surface area contributed by atoms with Crippen molar-refractivity contribution >= 4 is 15.9 Å². The molecule has 186 valence electrons. The largest absolute Gasteiger partial charge is 0.347 e. The number of hydrogen-bond acceptors (Lipinski definition) is 6. The van der Waals surface area contributed by atoms with Crippen molar-refractivity contribution in [2.45, 2.75) is 57.4 Å². The molecule has 1 atom stereocenters. The average Bonchev–Trinajstić information content (AvgIpc) is 3.31. The molecule has 1 unspecified atom stereocenters. The van der Waals surface area contributed by atoms with Gasteiger partial charge in [0, 0.05) is 18.7 Å². The number of rotatable bonds is 6. The summed E-state index contributed by atoms with van der Waals surface area (Å²) in [5.74, 6) is 0.107. The van der Waals surface area contributed by atoms with E-state index in [0.717, 1.165) is 11.1 Å². The van der Waals surface area contributed by atoms with Crippen LogP contribution >= 0.6 is 0 Å². The normalized spacial score (nSPS) is 17.3. The maximum Gasteiger partial charge on any atom is 0.246 e. The van der Waals surface area contributed by atoms with Crippen molar-refractivity contribution < 1.29 is 17.7 Å². The van der Waals surface area contributed by atoms with Crippen molar-refractivity contribution in [1.82, 2.24) is 19.8 Å². The third-order valence-corrected chi connectivity index (χ3v) is 8.18. The first-order valence-electron chi connectivity index (χ1n) is 11.8. The molecule has 1 fully saturated rings. The van der Waals surface area contributed by atoms with Crippen molar-refractivity contribution in [2.24, 2.45) is 5.92 Å². The molecule has 1 amide bonds. The Bertz CT molecular complexity index is 1280. The molecule has 0 saturated carbocycles. The van der Waals surface area contributed by atoms with E-state index >= 15 is 0 Å². The highest BCUT2D eigenvalue weighted by atomic mass is 32.2. The summed E-state index contributed by atoms with van der Waals surface area (Å²) < 4.78 is 32.8. The van der Waals surface area contributed by atoms with Crippen LogP contribution in [0.5, 0.6) is 0 Å². The third kappa shape index (κ3) is 5.79. The number of nitrogens with zero attached hydrogens (tertiary/aromatic N) is 3. The van der Waals surface area contributed by atoms with Crippen LogP contribution < -0.4 is 5.32 Å². The van der Waals surface area contributed by atoms with E-state index < -0.39 is 15.9 Å². The Morgan fingerprint density at radius 2 is 1.80 bits per heavy atom. The smallest absolute Gasteiger partial charge is 0.246 e. The van der Waals surface area contributed by atoms with Gasteiger partial charge in [-0.05, 0) is 42.9 Å². The number of sulfonamides is 1. The zero-order valence-electron chi connectivity index (χ0n) is 20.6. The van der Waals surface area contributed by atoms with Crippen molar-refractivity contribution in [1.29, 1.82) is 0 Å². The molecule has 4 rings (SSSR count). The fraction of sp³-hybridized carbons (Fsp3) is 0.423. The van der Waals surface area contributed by atoms with Crippen LogP contribution in [0.4, 0.5) is 0 Å². The van der Waals surface area contributed by atoms with Crippen molar-refractivity contribution in [3.05, 3.63) is 65.5 Å². The van der Waals surface area contributed by atoms with E-state index in [2.05, 4.69) is 36.2 Å². The summed E-state index contributed by atoms with van der Waals surface area (Å²) >= 11 is 0. The second-order valence-corrected chi connectivity index (χ2v) is 12.0. The molecular weight excluding hydrogens is 464 g/mol. The van der Waals surface area contributed by atoms with Crippen LogP contribution in [0.25, 0.3) is 11.4 Å². The van der Waals surface area contributed by atoms with Crippen LogP contribution in [0.2, 0.25) is 0 Å². The molecule has 35 heavy (non-hydrogen) atoms. The van der Waals surface area contributed by atoms with Crippen molar-refractivity contribution in [3.8, 4) is 11.4 Å². The lowest BCUT2D eigenvalue weighted by atomic mass is 9.87. The van der Waals surface area contributed by atoms with Gasteiger partial charge in [-0.2, -0.15) is 9.29 Å². The Labute approximate surface area is 206 Å². The average molecular weight is 497 g/mol. The van der Waals surface area contributed by atoms with Crippen LogP contribution in [0, 0.1) is 12.8 Å². The van der Waals surface area contributed by atoms with E-state index in [1.54, 1.807) is 24.3 Å². The molecule has 0 bridgehead atoms. The standard InChI is InChI=1S/C26H32N4O4S/c1-18-7-13-22(14-8-18)35(32,33)30-15-5-6-20(17-30)25(31)27-16-23-28-24(29-34-23)19-9-11-21(12-10-19)26(2,3)4/h7-14,20H,5-6,15-17H2,1-4H3,(H,27,31). The zero-order valence-corrected chi connectivity index (χ0v) is 21.4. The summed E-state index contributed by atoms with van der Waals surface area (Å²) in [7, 11) is -3.64. The number of amides is 1. The Hall–Kier alpha value is -3.04. The highest BCUT2D eigenvalue weighted by molar-refractivity contribution is 7.89. The van der Waals surface area contributed by atoms with Crippen LogP contribution in [0.15, 0.2) is 57.9 Å². The number of benzene rings is 2. The van der Waals surface area contributed by atoms with Crippen LogP contribution in [-0.4, -0.2) is 41.9 Å². The maximum atomic E-state index is 13.0. The van der Waals surface area contributed by atoms with E-state index in [4.69, 9.17) is 4.52 Å². The van der Waals surface area contributed by atoms with E-state index in [1.165, 1.54) is 9.87 Å². The zero-order chi connectivity index (χ0) is 25.2. The summed E-state index contributed by atoms with van der Waals surface area (Å²) in [6, 6.07) is 14.8. The summed E-state index contributed by atoms with van der Waals surface area (Å²) in [6.45, 7) is 9.01. The summed E-state index contributed by atoms with van der Waals surface area (Å²) in [4.78, 5) is 17.5. The Kier molecular flexibility index (Phi) is 7.10. The molecule has 9 heteroatoms. The first-order valence-corrected chi connectivity index (χ1v) is 13.3. The molecule has 1 aromatic heterocycles. The van der Waals surface area contributed by atoms with Crippen LogP contribution in [0.3, 0.4) is 0 Å². The summed E-state index contributed by atoms with van der Waals surface area (Å²) in [5, 5.41) is 6.85. The van der Waals surface area contributed by atoms with Gasteiger partial charge in [-0.15, -0.1) is 0 Å². The highest BCUT2D eigenvalue weighted by Gasteiger charge is 2.33. The van der Waals surface area contributed by atoms with Gasteiger partial charge in [-0.25, -0.2) is 8.42 Å². The Morgan fingerprint density at radius 3 is 2.46 bits per heavy atom. The minimum atomic E-state index is -3.64. The molecule has 1 N–H and O–H groups in total. The fourth-order valence-corrected chi connectivity index (χ4v) is 5.63. The minimum Gasteiger partial charge on any atom is -0.347 e. The first-order chi connectivity index (χ1) is 16.5. The third-order valence-electron chi connectivity index (χ3n) is 6.30. The monoisotopic (exact) mass is 496 g/mol. The lowest BCUT2D eigenvalue weighted by Crippen LogP contribution is -2.45. The highest BCUT2D eigenvalue weighted by Crippen LogP contribution is 2.26. The topological polar surface area (TPSA) is 105 Å². The van der Waals surface area contributed by atoms with Gasteiger partial charge in [0.25, 0.3) is 0 Å². The lowest BCUT2D eigenvalue weighted by molar-refractivity contribution is -0.126. The van der Waals surface area contributed by atoms with Crippen molar-refractivity contribution in [3.63, 3.8) is 0 Å².